The summed E-state index contributed by atoms with van der Waals surface area (Å²) in [4.78, 5) is 25.6. The summed E-state index contributed by atoms with van der Waals surface area (Å²) in [6, 6.07) is 0.00384. The van der Waals surface area contributed by atoms with E-state index in [1.54, 1.807) is 0 Å². The smallest absolute Gasteiger partial charge is 0.309 e. The van der Waals surface area contributed by atoms with Crippen molar-refractivity contribution in [3.8, 4) is 0 Å². The molecule has 2 aliphatic rings. The fourth-order valence-electron chi connectivity index (χ4n) is 2.71. The summed E-state index contributed by atoms with van der Waals surface area (Å²) in [5.74, 6) is 0.0731. The van der Waals surface area contributed by atoms with Gasteiger partial charge in [0.2, 0.25) is 5.91 Å². The van der Waals surface area contributed by atoms with Crippen LogP contribution in [0.5, 0.6) is 0 Å². The average Bonchev–Trinajstić information content (AvgIpc) is 2.92. The van der Waals surface area contributed by atoms with E-state index in [4.69, 9.17) is 4.74 Å². The minimum atomic E-state index is -0.108. The normalized spacial score (nSPS) is 25.2. The fraction of sp³-hybridized carbons (Fsp3) is 0.846. The van der Waals surface area contributed by atoms with E-state index in [0.717, 1.165) is 32.2 Å². The molecule has 0 aromatic rings. The van der Waals surface area contributed by atoms with Gasteiger partial charge < -0.3 is 15.0 Å². The Morgan fingerprint density at radius 3 is 2.56 bits per heavy atom. The molecule has 2 fully saturated rings. The van der Waals surface area contributed by atoms with Gasteiger partial charge in [0.1, 0.15) is 0 Å². The molecule has 0 aliphatic carbocycles. The third-order valence-electron chi connectivity index (χ3n) is 3.78. The summed E-state index contributed by atoms with van der Waals surface area (Å²) in [5, 5.41) is 3.23. The van der Waals surface area contributed by atoms with Gasteiger partial charge in [-0.25, -0.2) is 0 Å². The molecule has 2 saturated heterocycles. The van der Waals surface area contributed by atoms with Gasteiger partial charge in [-0.3, -0.25) is 9.59 Å². The summed E-state index contributed by atoms with van der Waals surface area (Å²) in [5.41, 5.74) is 0. The molecule has 0 spiro atoms. The molecular formula is C13H22N2O3. The van der Waals surface area contributed by atoms with Gasteiger partial charge in [-0.1, -0.05) is 0 Å². The van der Waals surface area contributed by atoms with Crippen molar-refractivity contribution in [1.29, 1.82) is 0 Å². The highest BCUT2D eigenvalue weighted by Crippen LogP contribution is 2.20. The maximum atomic E-state index is 12.1. The van der Waals surface area contributed by atoms with E-state index < -0.39 is 0 Å². The standard InChI is InChI=1S/C13H22N2O3/c1-2-18-13(17)10-5-8-15(9-6-10)12(16)11-4-3-7-14-11/h10-11,14H,2-9H2,1H3/t11-/m0/s1. The molecule has 2 heterocycles. The lowest BCUT2D eigenvalue weighted by molar-refractivity contribution is -0.151. The molecule has 0 radical (unpaired) electrons. The molecule has 1 amide bonds. The van der Waals surface area contributed by atoms with E-state index in [1.807, 2.05) is 11.8 Å². The van der Waals surface area contributed by atoms with Crippen LogP contribution in [0.1, 0.15) is 32.6 Å². The number of hydrogen-bond acceptors (Lipinski definition) is 4. The van der Waals surface area contributed by atoms with Crippen LogP contribution >= 0.6 is 0 Å². The van der Waals surface area contributed by atoms with Crippen LogP contribution < -0.4 is 5.32 Å². The number of carbonyl (C=O) groups excluding carboxylic acids is 2. The topological polar surface area (TPSA) is 58.6 Å². The molecule has 0 unspecified atom stereocenters. The zero-order chi connectivity index (χ0) is 13.0. The van der Waals surface area contributed by atoms with E-state index in [2.05, 4.69) is 5.32 Å². The minimum absolute atomic E-state index is 0.00384. The summed E-state index contributed by atoms with van der Waals surface area (Å²) in [6.07, 6.45) is 3.49. The Labute approximate surface area is 108 Å². The number of piperidine rings is 1. The van der Waals surface area contributed by atoms with Crippen molar-refractivity contribution in [2.45, 2.75) is 38.6 Å². The number of nitrogens with zero attached hydrogens (tertiary/aromatic N) is 1. The van der Waals surface area contributed by atoms with E-state index in [1.165, 1.54) is 0 Å². The molecule has 5 heteroatoms. The Kier molecular flexibility index (Phi) is 4.58. The van der Waals surface area contributed by atoms with Gasteiger partial charge in [0.05, 0.1) is 18.6 Å². The van der Waals surface area contributed by atoms with E-state index in [0.29, 0.717) is 19.7 Å². The molecule has 102 valence electrons. The van der Waals surface area contributed by atoms with Gasteiger partial charge in [0.15, 0.2) is 0 Å². The number of ether oxygens (including phenoxy) is 1. The second-order valence-corrected chi connectivity index (χ2v) is 5.00. The second kappa shape index (κ2) is 6.18. The molecule has 18 heavy (non-hydrogen) atoms. The van der Waals surface area contributed by atoms with Crippen molar-refractivity contribution in [3.05, 3.63) is 0 Å². The highest BCUT2D eigenvalue weighted by atomic mass is 16.5. The molecule has 0 bridgehead atoms. The highest BCUT2D eigenvalue weighted by Gasteiger charge is 2.32. The van der Waals surface area contributed by atoms with Crippen LogP contribution in [-0.2, 0) is 14.3 Å². The quantitative estimate of drug-likeness (QED) is 0.747. The lowest BCUT2D eigenvalue weighted by atomic mass is 9.96. The molecule has 0 saturated carbocycles. The maximum absolute atomic E-state index is 12.1. The number of esters is 1. The average molecular weight is 254 g/mol. The van der Waals surface area contributed by atoms with Crippen LogP contribution in [0.3, 0.4) is 0 Å². The summed E-state index contributed by atoms with van der Waals surface area (Å²) in [7, 11) is 0. The van der Waals surface area contributed by atoms with Crippen LogP contribution in [-0.4, -0.2) is 49.1 Å². The van der Waals surface area contributed by atoms with E-state index in [9.17, 15) is 9.59 Å². The van der Waals surface area contributed by atoms with Crippen molar-refractivity contribution < 1.29 is 14.3 Å². The molecule has 5 nitrogen and oxygen atoms in total. The van der Waals surface area contributed by atoms with Crippen molar-refractivity contribution in [1.82, 2.24) is 10.2 Å². The van der Waals surface area contributed by atoms with Crippen LogP contribution in [0, 0.1) is 5.92 Å². The predicted molar refractivity (Wildman–Crippen MR) is 67.0 cm³/mol. The molecular weight excluding hydrogens is 232 g/mol. The van der Waals surface area contributed by atoms with Crippen molar-refractivity contribution in [2.24, 2.45) is 5.92 Å². The highest BCUT2D eigenvalue weighted by molar-refractivity contribution is 5.82. The lowest BCUT2D eigenvalue weighted by Crippen LogP contribution is -2.47. The first kappa shape index (κ1) is 13.3. The molecule has 2 aliphatic heterocycles. The van der Waals surface area contributed by atoms with Crippen LogP contribution in [0.4, 0.5) is 0 Å². The monoisotopic (exact) mass is 254 g/mol. The third kappa shape index (κ3) is 3.02. The summed E-state index contributed by atoms with van der Waals surface area (Å²) >= 11 is 0. The molecule has 0 aromatic carbocycles. The number of rotatable bonds is 3. The van der Waals surface area contributed by atoms with Gasteiger partial charge >= 0.3 is 5.97 Å². The van der Waals surface area contributed by atoms with E-state index >= 15 is 0 Å². The van der Waals surface area contributed by atoms with Crippen molar-refractivity contribution in [2.75, 3.05) is 26.2 Å². The second-order valence-electron chi connectivity index (χ2n) is 5.00. The first-order valence-electron chi connectivity index (χ1n) is 6.91. The van der Waals surface area contributed by atoms with Gasteiger partial charge in [0.25, 0.3) is 0 Å². The minimum Gasteiger partial charge on any atom is -0.466 e. The Balaban J connectivity index is 1.79. The van der Waals surface area contributed by atoms with Gasteiger partial charge in [-0.2, -0.15) is 0 Å². The Morgan fingerprint density at radius 2 is 2.00 bits per heavy atom. The number of hydrogen-bond donors (Lipinski definition) is 1. The molecule has 1 atom stereocenters. The number of likely N-dealkylation sites (tertiary alicyclic amines) is 1. The number of nitrogens with one attached hydrogen (secondary N) is 1. The van der Waals surface area contributed by atoms with Crippen molar-refractivity contribution in [3.63, 3.8) is 0 Å². The Morgan fingerprint density at radius 1 is 1.28 bits per heavy atom. The van der Waals surface area contributed by atoms with Crippen molar-refractivity contribution >= 4 is 11.9 Å². The lowest BCUT2D eigenvalue weighted by Gasteiger charge is -2.32. The zero-order valence-electron chi connectivity index (χ0n) is 11.0. The fourth-order valence-corrected chi connectivity index (χ4v) is 2.71. The largest absolute Gasteiger partial charge is 0.466 e. The Hall–Kier alpha value is -1.10. The number of carbonyl (C=O) groups is 2. The van der Waals surface area contributed by atoms with Gasteiger partial charge in [-0.05, 0) is 39.2 Å². The van der Waals surface area contributed by atoms with Crippen LogP contribution in [0.25, 0.3) is 0 Å². The first-order valence-corrected chi connectivity index (χ1v) is 6.91. The maximum Gasteiger partial charge on any atom is 0.309 e. The van der Waals surface area contributed by atoms with E-state index in [-0.39, 0.29) is 23.8 Å². The first-order chi connectivity index (χ1) is 8.72. The molecule has 0 aromatic heterocycles. The zero-order valence-corrected chi connectivity index (χ0v) is 11.0. The summed E-state index contributed by atoms with van der Waals surface area (Å²) in [6.45, 7) is 4.56. The molecule has 1 N–H and O–H groups in total. The predicted octanol–water partition coefficient (Wildman–Crippen LogP) is 0.540. The van der Waals surface area contributed by atoms with Crippen LogP contribution in [0.2, 0.25) is 0 Å². The molecule has 2 rings (SSSR count). The SMILES string of the molecule is CCOC(=O)C1CCN(C(=O)[C@@H]2CCCN2)CC1. The van der Waals surface area contributed by atoms with Gasteiger partial charge in [-0.15, -0.1) is 0 Å². The summed E-state index contributed by atoms with van der Waals surface area (Å²) < 4.78 is 5.02. The Bertz CT molecular complexity index is 305. The number of amides is 1. The van der Waals surface area contributed by atoms with Gasteiger partial charge in [0, 0.05) is 13.1 Å². The van der Waals surface area contributed by atoms with Crippen LogP contribution in [0.15, 0.2) is 0 Å². The third-order valence-corrected chi connectivity index (χ3v) is 3.78.